The van der Waals surface area contributed by atoms with Gasteiger partial charge in [-0.15, -0.1) is 0 Å². The van der Waals surface area contributed by atoms with Crippen LogP contribution in [0.5, 0.6) is 0 Å². The molecule has 1 aliphatic rings. The van der Waals surface area contributed by atoms with Gasteiger partial charge in [0.1, 0.15) is 11.2 Å². The minimum Gasteiger partial charge on any atom is -0.464 e. The van der Waals surface area contributed by atoms with Crippen LogP contribution in [-0.4, -0.2) is 38.6 Å². The van der Waals surface area contributed by atoms with Gasteiger partial charge in [0, 0.05) is 12.7 Å². The molecule has 3 rings (SSSR count). The normalized spacial score (nSPS) is 15.5. The zero-order valence-corrected chi connectivity index (χ0v) is 16.0. The Labute approximate surface area is 161 Å². The molecule has 9 nitrogen and oxygen atoms in total. The van der Waals surface area contributed by atoms with Gasteiger partial charge in [0.15, 0.2) is 0 Å². The molecule has 0 spiro atoms. The Balaban J connectivity index is 1.97. The molecule has 0 unspecified atom stereocenters. The van der Waals surface area contributed by atoms with Crippen molar-refractivity contribution < 1.29 is 14.3 Å². The Hall–Kier alpha value is -2.97. The van der Waals surface area contributed by atoms with Crippen LogP contribution in [0.25, 0.3) is 11.0 Å². The summed E-state index contributed by atoms with van der Waals surface area (Å²) >= 11 is 0. The lowest BCUT2D eigenvalue weighted by Crippen LogP contribution is -2.53. The molecular formula is C19H24N4O5. The first-order valence-electron chi connectivity index (χ1n) is 9.54. The summed E-state index contributed by atoms with van der Waals surface area (Å²) in [5, 5.41) is 2.94. The van der Waals surface area contributed by atoms with Crippen molar-refractivity contribution in [2.24, 2.45) is 0 Å². The second-order valence-electron chi connectivity index (χ2n) is 6.97. The lowest BCUT2D eigenvalue weighted by atomic mass is 9.97. The maximum absolute atomic E-state index is 12.8. The number of fused-ring (bicyclic) bond motifs is 1. The van der Waals surface area contributed by atoms with Crippen LogP contribution >= 0.6 is 0 Å². The Kier molecular flexibility index (Phi) is 5.62. The molecule has 1 fully saturated rings. The fourth-order valence-electron chi connectivity index (χ4n) is 3.64. The fraction of sp³-hybridized carbons (Fsp3) is 0.526. The van der Waals surface area contributed by atoms with E-state index in [1.807, 2.05) is 6.92 Å². The molecule has 0 bridgehead atoms. The monoisotopic (exact) mass is 388 g/mol. The minimum atomic E-state index is -1.05. The van der Waals surface area contributed by atoms with Gasteiger partial charge in [-0.25, -0.2) is 14.6 Å². The van der Waals surface area contributed by atoms with E-state index in [0.717, 1.165) is 12.8 Å². The van der Waals surface area contributed by atoms with Crippen molar-refractivity contribution in [3.05, 3.63) is 38.7 Å². The molecule has 1 aliphatic carbocycles. The number of nitrogens with zero attached hydrogens (tertiary/aromatic N) is 2. The van der Waals surface area contributed by atoms with Crippen molar-refractivity contribution in [3.63, 3.8) is 0 Å². The Morgan fingerprint density at radius 1 is 1.29 bits per heavy atom. The predicted molar refractivity (Wildman–Crippen MR) is 102 cm³/mol. The highest BCUT2D eigenvalue weighted by Crippen LogP contribution is 2.31. The number of pyridine rings is 1. The average Bonchev–Trinajstić information content (AvgIpc) is 3.14. The van der Waals surface area contributed by atoms with Crippen LogP contribution in [0.15, 0.2) is 21.9 Å². The molecule has 2 aromatic heterocycles. The molecule has 2 aromatic rings. The average molecular weight is 388 g/mol. The molecule has 2 N–H and O–H groups in total. The quantitative estimate of drug-likeness (QED) is 0.715. The van der Waals surface area contributed by atoms with Crippen molar-refractivity contribution in [1.82, 2.24) is 19.9 Å². The van der Waals surface area contributed by atoms with Crippen LogP contribution in [0, 0.1) is 0 Å². The number of ether oxygens (including phenoxy) is 1. The lowest BCUT2D eigenvalue weighted by molar-refractivity contribution is -0.150. The van der Waals surface area contributed by atoms with E-state index in [2.05, 4.69) is 15.3 Å². The summed E-state index contributed by atoms with van der Waals surface area (Å²) < 4.78 is 6.52. The minimum absolute atomic E-state index is 0.148. The fourth-order valence-corrected chi connectivity index (χ4v) is 3.64. The van der Waals surface area contributed by atoms with Crippen LogP contribution in [0.3, 0.4) is 0 Å². The number of carbonyl (C=O) groups excluding carboxylic acids is 2. The summed E-state index contributed by atoms with van der Waals surface area (Å²) in [6.45, 7) is 4.26. The molecular weight excluding hydrogens is 364 g/mol. The number of amides is 1. The Morgan fingerprint density at radius 2 is 2.00 bits per heavy atom. The van der Waals surface area contributed by atoms with Crippen LogP contribution < -0.4 is 16.6 Å². The number of H-pyrrole nitrogens is 1. The summed E-state index contributed by atoms with van der Waals surface area (Å²) in [5.74, 6) is -0.943. The van der Waals surface area contributed by atoms with Gasteiger partial charge in [0.05, 0.1) is 17.6 Å². The largest absolute Gasteiger partial charge is 0.464 e. The van der Waals surface area contributed by atoms with Gasteiger partial charge in [-0.3, -0.25) is 19.1 Å². The van der Waals surface area contributed by atoms with Gasteiger partial charge >= 0.3 is 11.7 Å². The number of aryl methyl sites for hydroxylation is 1. The summed E-state index contributed by atoms with van der Waals surface area (Å²) in [4.78, 5) is 55.9. The number of aromatic nitrogens is 3. The van der Waals surface area contributed by atoms with E-state index in [1.54, 1.807) is 6.92 Å². The summed E-state index contributed by atoms with van der Waals surface area (Å²) in [6, 6.07) is 1.40. The SMILES string of the molecule is CCCn1c(=O)[nH]c(=O)c2cc(C(=O)NC3(C(=O)OCC)CCCC3)cnc21. The molecule has 9 heteroatoms. The first-order valence-corrected chi connectivity index (χ1v) is 9.54. The standard InChI is InChI=1S/C19H24N4O5/c1-3-9-23-14-13(16(25)21-18(23)27)10-12(11-20-14)15(24)22-19(7-5-6-8-19)17(26)28-4-2/h10-11H,3-9H2,1-2H3,(H,22,24)(H,21,25,27). The van der Waals surface area contributed by atoms with E-state index in [0.29, 0.717) is 25.8 Å². The van der Waals surface area contributed by atoms with E-state index in [-0.39, 0.29) is 23.2 Å². The number of hydrogen-bond acceptors (Lipinski definition) is 6. The first-order chi connectivity index (χ1) is 13.4. The molecule has 0 radical (unpaired) electrons. The van der Waals surface area contributed by atoms with Gasteiger partial charge in [-0.05, 0) is 32.3 Å². The summed E-state index contributed by atoms with van der Waals surface area (Å²) in [6.07, 6.45) is 4.66. The molecule has 0 saturated heterocycles. The van der Waals surface area contributed by atoms with Gasteiger partial charge in [-0.2, -0.15) is 0 Å². The van der Waals surface area contributed by atoms with Crippen molar-refractivity contribution in [3.8, 4) is 0 Å². The van der Waals surface area contributed by atoms with Gasteiger partial charge in [0.25, 0.3) is 11.5 Å². The van der Waals surface area contributed by atoms with Crippen molar-refractivity contribution in [2.45, 2.75) is 58.0 Å². The van der Waals surface area contributed by atoms with E-state index in [1.165, 1.54) is 16.8 Å². The van der Waals surface area contributed by atoms with E-state index < -0.39 is 28.7 Å². The van der Waals surface area contributed by atoms with Crippen LogP contribution in [0.4, 0.5) is 0 Å². The van der Waals surface area contributed by atoms with Crippen LogP contribution in [0.1, 0.15) is 56.3 Å². The number of hydrogen-bond donors (Lipinski definition) is 2. The molecule has 2 heterocycles. The van der Waals surface area contributed by atoms with Crippen molar-refractivity contribution >= 4 is 22.9 Å². The zero-order valence-electron chi connectivity index (χ0n) is 16.0. The molecule has 0 aromatic carbocycles. The number of nitrogens with one attached hydrogen (secondary N) is 2. The topological polar surface area (TPSA) is 123 Å². The van der Waals surface area contributed by atoms with Crippen molar-refractivity contribution in [1.29, 1.82) is 0 Å². The molecule has 1 saturated carbocycles. The second kappa shape index (κ2) is 7.95. The maximum Gasteiger partial charge on any atom is 0.331 e. The molecule has 1 amide bonds. The molecule has 0 aliphatic heterocycles. The third-order valence-corrected chi connectivity index (χ3v) is 5.02. The maximum atomic E-state index is 12.8. The summed E-state index contributed by atoms with van der Waals surface area (Å²) in [5.41, 5.74) is -1.80. The van der Waals surface area contributed by atoms with Gasteiger partial charge < -0.3 is 10.1 Å². The summed E-state index contributed by atoms with van der Waals surface area (Å²) in [7, 11) is 0. The highest BCUT2D eigenvalue weighted by molar-refractivity contribution is 6.00. The number of aromatic amines is 1. The predicted octanol–water partition coefficient (Wildman–Crippen LogP) is 1.10. The third kappa shape index (κ3) is 3.56. The van der Waals surface area contributed by atoms with Gasteiger partial charge in [-0.1, -0.05) is 19.8 Å². The number of rotatable bonds is 6. The van der Waals surface area contributed by atoms with E-state index in [9.17, 15) is 19.2 Å². The van der Waals surface area contributed by atoms with Crippen LogP contribution in [-0.2, 0) is 16.1 Å². The van der Waals surface area contributed by atoms with Gasteiger partial charge in [0.2, 0.25) is 0 Å². The van der Waals surface area contributed by atoms with Crippen LogP contribution in [0.2, 0.25) is 0 Å². The Bertz CT molecular complexity index is 1020. The third-order valence-electron chi connectivity index (χ3n) is 5.02. The smallest absolute Gasteiger partial charge is 0.331 e. The molecule has 0 atom stereocenters. The zero-order chi connectivity index (χ0) is 20.3. The van der Waals surface area contributed by atoms with E-state index in [4.69, 9.17) is 4.74 Å². The van der Waals surface area contributed by atoms with Crippen molar-refractivity contribution in [2.75, 3.05) is 6.61 Å². The highest BCUT2D eigenvalue weighted by atomic mass is 16.5. The molecule has 28 heavy (non-hydrogen) atoms. The number of carbonyl (C=O) groups is 2. The molecule has 150 valence electrons. The first kappa shape index (κ1) is 19.8. The number of esters is 1. The van der Waals surface area contributed by atoms with E-state index >= 15 is 0 Å². The Morgan fingerprint density at radius 3 is 2.64 bits per heavy atom. The highest BCUT2D eigenvalue weighted by Gasteiger charge is 2.44. The lowest BCUT2D eigenvalue weighted by Gasteiger charge is -2.27. The second-order valence-corrected chi connectivity index (χ2v) is 6.97.